The summed E-state index contributed by atoms with van der Waals surface area (Å²) < 4.78 is 26.7. The van der Waals surface area contributed by atoms with Gasteiger partial charge in [0.2, 0.25) is 16.0 Å². The second kappa shape index (κ2) is 5.29. The second-order valence-electron chi connectivity index (χ2n) is 5.62. The highest BCUT2D eigenvalue weighted by molar-refractivity contribution is 7.90. The summed E-state index contributed by atoms with van der Waals surface area (Å²) in [6.07, 6.45) is 5.00. The number of nitrogens with one attached hydrogen (secondary N) is 1. The topological polar surface area (TPSA) is 75.2 Å². The molecule has 6 nitrogen and oxygen atoms in total. The first kappa shape index (κ1) is 13.8. The van der Waals surface area contributed by atoms with Crippen LogP contribution in [0.4, 0.5) is 5.95 Å². The third kappa shape index (κ3) is 3.09. The fraction of sp³-hybridized carbons (Fsp3) is 0.692. The van der Waals surface area contributed by atoms with Crippen LogP contribution in [0.3, 0.4) is 0 Å². The van der Waals surface area contributed by atoms with Gasteiger partial charge in [0.1, 0.15) is 0 Å². The highest BCUT2D eigenvalue weighted by Gasteiger charge is 2.37. The van der Waals surface area contributed by atoms with Crippen LogP contribution < -0.4 is 9.62 Å². The molecule has 0 spiro atoms. The van der Waals surface area contributed by atoms with Gasteiger partial charge in [0.25, 0.3) is 0 Å². The van der Waals surface area contributed by atoms with Crippen LogP contribution in [0.5, 0.6) is 0 Å². The minimum Gasteiger partial charge on any atom is -0.341 e. The van der Waals surface area contributed by atoms with Crippen LogP contribution >= 0.6 is 0 Å². The molecule has 2 fully saturated rings. The van der Waals surface area contributed by atoms with Crippen LogP contribution in [0, 0.1) is 6.92 Å². The van der Waals surface area contributed by atoms with E-state index in [1.165, 1.54) is 0 Å². The summed E-state index contributed by atoms with van der Waals surface area (Å²) in [7, 11) is -3.08. The molecule has 1 saturated carbocycles. The maximum absolute atomic E-state index is 11.9. The highest BCUT2D eigenvalue weighted by atomic mass is 32.2. The van der Waals surface area contributed by atoms with Gasteiger partial charge in [0, 0.05) is 31.0 Å². The van der Waals surface area contributed by atoms with Gasteiger partial charge in [-0.1, -0.05) is 0 Å². The Morgan fingerprint density at radius 3 is 2.55 bits per heavy atom. The van der Waals surface area contributed by atoms with E-state index in [9.17, 15) is 8.42 Å². The molecule has 110 valence electrons. The van der Waals surface area contributed by atoms with E-state index in [-0.39, 0.29) is 11.3 Å². The van der Waals surface area contributed by atoms with Crippen LogP contribution in [0.25, 0.3) is 0 Å². The van der Waals surface area contributed by atoms with Crippen molar-refractivity contribution in [1.29, 1.82) is 0 Å². The summed E-state index contributed by atoms with van der Waals surface area (Å²) in [5.74, 6) is 0.744. The molecule has 0 aromatic carbocycles. The van der Waals surface area contributed by atoms with Crippen molar-refractivity contribution in [2.45, 2.75) is 43.9 Å². The molecular formula is C13H20N4O2S. The number of hydrogen-bond acceptors (Lipinski definition) is 5. The predicted octanol–water partition coefficient (Wildman–Crippen LogP) is 0.836. The van der Waals surface area contributed by atoms with E-state index in [4.69, 9.17) is 0 Å². The molecule has 1 aliphatic carbocycles. The zero-order valence-corrected chi connectivity index (χ0v) is 12.4. The van der Waals surface area contributed by atoms with Crippen molar-refractivity contribution in [3.63, 3.8) is 0 Å². The Kier molecular flexibility index (Phi) is 3.64. The molecule has 0 amide bonds. The smallest absolute Gasteiger partial charge is 0.225 e. The average Bonchev–Trinajstić information content (AvgIpc) is 3.24. The average molecular weight is 296 g/mol. The van der Waals surface area contributed by atoms with Gasteiger partial charge < -0.3 is 4.90 Å². The van der Waals surface area contributed by atoms with E-state index < -0.39 is 10.0 Å². The lowest BCUT2D eigenvalue weighted by molar-refractivity contribution is 0.456. The summed E-state index contributed by atoms with van der Waals surface area (Å²) in [6, 6.07) is 1.93. The van der Waals surface area contributed by atoms with Crippen molar-refractivity contribution < 1.29 is 8.42 Å². The molecule has 1 saturated heterocycles. The number of sulfonamides is 1. The number of hydrogen-bond donors (Lipinski definition) is 1. The van der Waals surface area contributed by atoms with E-state index in [2.05, 4.69) is 19.6 Å². The standard InChI is InChI=1S/C13H20N4O2S/c1-10-4-7-14-13(15-10)17-8-5-11(6-9-17)16-20(18,19)12-2-3-12/h4,7,11-12,16H,2-3,5-6,8-9H2,1H3. The maximum Gasteiger partial charge on any atom is 0.225 e. The van der Waals surface area contributed by atoms with Gasteiger partial charge >= 0.3 is 0 Å². The molecule has 1 aliphatic heterocycles. The Balaban J connectivity index is 1.57. The first-order valence-corrected chi connectivity index (χ1v) is 8.65. The molecule has 2 aliphatic rings. The predicted molar refractivity (Wildman–Crippen MR) is 77.1 cm³/mol. The largest absolute Gasteiger partial charge is 0.341 e. The molecule has 2 heterocycles. The molecular weight excluding hydrogens is 276 g/mol. The fourth-order valence-corrected chi connectivity index (χ4v) is 4.14. The van der Waals surface area contributed by atoms with E-state index in [1.54, 1.807) is 6.20 Å². The van der Waals surface area contributed by atoms with Crippen molar-refractivity contribution in [2.24, 2.45) is 0 Å². The van der Waals surface area contributed by atoms with Gasteiger partial charge in [-0.15, -0.1) is 0 Å². The fourth-order valence-electron chi connectivity index (χ4n) is 2.49. The lowest BCUT2D eigenvalue weighted by Gasteiger charge is -2.32. The number of aryl methyl sites for hydroxylation is 1. The Hall–Kier alpha value is -1.21. The third-order valence-corrected chi connectivity index (χ3v) is 5.86. The maximum atomic E-state index is 11.9. The van der Waals surface area contributed by atoms with Crippen molar-refractivity contribution in [1.82, 2.24) is 14.7 Å². The minimum atomic E-state index is -3.08. The lowest BCUT2D eigenvalue weighted by Crippen LogP contribution is -2.46. The quantitative estimate of drug-likeness (QED) is 0.891. The summed E-state index contributed by atoms with van der Waals surface area (Å²) in [4.78, 5) is 10.8. The first-order valence-electron chi connectivity index (χ1n) is 7.10. The van der Waals surface area contributed by atoms with Gasteiger partial charge in [0.05, 0.1) is 5.25 Å². The number of anilines is 1. The SMILES string of the molecule is Cc1ccnc(N2CCC(NS(=O)(=O)C3CC3)CC2)n1. The zero-order valence-electron chi connectivity index (χ0n) is 11.6. The Bertz CT molecular complexity index is 578. The molecule has 0 radical (unpaired) electrons. The van der Waals surface area contributed by atoms with Gasteiger partial charge in [-0.2, -0.15) is 0 Å². The lowest BCUT2D eigenvalue weighted by atomic mass is 10.1. The second-order valence-corrected chi connectivity index (χ2v) is 7.61. The molecule has 0 unspecified atom stereocenters. The summed E-state index contributed by atoms with van der Waals surface area (Å²) >= 11 is 0. The Morgan fingerprint density at radius 2 is 1.95 bits per heavy atom. The van der Waals surface area contributed by atoms with Crippen LogP contribution in [0.1, 0.15) is 31.4 Å². The van der Waals surface area contributed by atoms with Gasteiger partial charge in [-0.25, -0.2) is 23.1 Å². The van der Waals surface area contributed by atoms with Crippen LogP contribution in [-0.4, -0.2) is 42.8 Å². The van der Waals surface area contributed by atoms with Crippen LogP contribution in [0.2, 0.25) is 0 Å². The monoisotopic (exact) mass is 296 g/mol. The third-order valence-electron chi connectivity index (χ3n) is 3.85. The van der Waals surface area contributed by atoms with Crippen molar-refractivity contribution >= 4 is 16.0 Å². The number of nitrogens with zero attached hydrogens (tertiary/aromatic N) is 3. The molecule has 7 heteroatoms. The van der Waals surface area contributed by atoms with Crippen molar-refractivity contribution in [2.75, 3.05) is 18.0 Å². The van der Waals surface area contributed by atoms with Gasteiger partial charge in [-0.05, 0) is 38.7 Å². The van der Waals surface area contributed by atoms with Gasteiger partial charge in [-0.3, -0.25) is 0 Å². The van der Waals surface area contributed by atoms with E-state index in [0.29, 0.717) is 0 Å². The van der Waals surface area contributed by atoms with Crippen LogP contribution in [0.15, 0.2) is 12.3 Å². The number of piperidine rings is 1. The van der Waals surface area contributed by atoms with Crippen LogP contribution in [-0.2, 0) is 10.0 Å². The minimum absolute atomic E-state index is 0.0571. The first-order chi connectivity index (χ1) is 9.54. The Labute approximate surface area is 119 Å². The van der Waals surface area contributed by atoms with E-state index in [0.717, 1.165) is 50.4 Å². The molecule has 0 atom stereocenters. The van der Waals surface area contributed by atoms with Crippen molar-refractivity contribution in [3.8, 4) is 0 Å². The van der Waals surface area contributed by atoms with Gasteiger partial charge in [0.15, 0.2) is 0 Å². The summed E-state index contributed by atoms with van der Waals surface area (Å²) in [6.45, 7) is 3.53. The summed E-state index contributed by atoms with van der Waals surface area (Å²) in [5.41, 5.74) is 0.951. The molecule has 3 rings (SSSR count). The number of rotatable bonds is 4. The number of aromatic nitrogens is 2. The zero-order chi connectivity index (χ0) is 14.2. The normalized spacial score (nSPS) is 21.1. The summed E-state index contributed by atoms with van der Waals surface area (Å²) in [5, 5.41) is -0.138. The Morgan fingerprint density at radius 1 is 1.25 bits per heavy atom. The van der Waals surface area contributed by atoms with E-state index in [1.807, 2.05) is 13.0 Å². The molecule has 1 aromatic rings. The molecule has 1 N–H and O–H groups in total. The molecule has 0 bridgehead atoms. The highest BCUT2D eigenvalue weighted by Crippen LogP contribution is 2.28. The van der Waals surface area contributed by atoms with E-state index >= 15 is 0 Å². The molecule has 1 aromatic heterocycles. The molecule has 20 heavy (non-hydrogen) atoms. The van der Waals surface area contributed by atoms with Crippen molar-refractivity contribution in [3.05, 3.63) is 18.0 Å².